The molecular formula is C24H22F4N4O3. The van der Waals surface area contributed by atoms with E-state index in [4.69, 9.17) is 0 Å². The van der Waals surface area contributed by atoms with Crippen LogP contribution in [0, 0.1) is 5.82 Å². The third-order valence-electron chi connectivity index (χ3n) is 5.83. The summed E-state index contributed by atoms with van der Waals surface area (Å²) >= 11 is 0. The molecule has 0 bridgehead atoms. The fourth-order valence-electron chi connectivity index (χ4n) is 4.13. The van der Waals surface area contributed by atoms with E-state index in [1.807, 2.05) is 0 Å². The van der Waals surface area contributed by atoms with Crippen LogP contribution in [0.5, 0.6) is 0 Å². The molecule has 0 aliphatic rings. The predicted octanol–water partition coefficient (Wildman–Crippen LogP) is 4.13. The Labute approximate surface area is 196 Å². The summed E-state index contributed by atoms with van der Waals surface area (Å²) in [6.45, 7) is 4.89. The molecule has 11 heteroatoms. The van der Waals surface area contributed by atoms with Gasteiger partial charge in [-0.05, 0) is 48.1 Å². The molecule has 0 spiro atoms. The van der Waals surface area contributed by atoms with Gasteiger partial charge in [-0.2, -0.15) is 17.9 Å². The zero-order valence-electron chi connectivity index (χ0n) is 19.1. The Bertz CT molecular complexity index is 1550. The van der Waals surface area contributed by atoms with Crippen LogP contribution in [0.3, 0.4) is 0 Å². The Kier molecular flexibility index (Phi) is 6.14. The van der Waals surface area contributed by atoms with E-state index in [2.05, 4.69) is 5.10 Å². The number of benzene rings is 2. The monoisotopic (exact) mass is 490 g/mol. The average Bonchev–Trinajstić information content (AvgIpc) is 3.13. The second-order valence-corrected chi connectivity index (χ2v) is 8.29. The number of para-hydroxylation sites is 1. The largest absolute Gasteiger partial charge is 0.418 e. The number of alkyl halides is 3. The van der Waals surface area contributed by atoms with E-state index >= 15 is 4.39 Å². The third kappa shape index (κ3) is 4.05. The zero-order chi connectivity index (χ0) is 25.7. The number of fused-ring (bicyclic) bond motifs is 1. The molecular weight excluding hydrogens is 468 g/mol. The van der Waals surface area contributed by atoms with Crippen molar-refractivity contribution in [3.05, 3.63) is 86.2 Å². The van der Waals surface area contributed by atoms with Gasteiger partial charge in [0.25, 0.3) is 5.56 Å². The normalized spacial score (nSPS) is 12.1. The van der Waals surface area contributed by atoms with Crippen molar-refractivity contribution in [1.82, 2.24) is 18.9 Å². The van der Waals surface area contributed by atoms with Crippen LogP contribution in [0.2, 0.25) is 0 Å². The number of pyridine rings is 1. The van der Waals surface area contributed by atoms with E-state index in [0.29, 0.717) is 5.56 Å². The van der Waals surface area contributed by atoms with Crippen LogP contribution in [0.1, 0.15) is 43.6 Å². The first-order valence-corrected chi connectivity index (χ1v) is 10.8. The third-order valence-corrected chi connectivity index (χ3v) is 5.83. The van der Waals surface area contributed by atoms with Crippen molar-refractivity contribution in [1.29, 1.82) is 0 Å². The molecule has 35 heavy (non-hydrogen) atoms. The first kappa shape index (κ1) is 24.4. The number of hydrogen-bond acceptors (Lipinski definition) is 4. The van der Waals surface area contributed by atoms with Gasteiger partial charge in [0.05, 0.1) is 16.6 Å². The minimum absolute atomic E-state index is 0.0419. The van der Waals surface area contributed by atoms with Gasteiger partial charge in [-0.25, -0.2) is 9.18 Å². The molecule has 0 aliphatic carbocycles. The Morgan fingerprint density at radius 3 is 2.31 bits per heavy atom. The summed E-state index contributed by atoms with van der Waals surface area (Å²) in [4.78, 5) is 26.0. The molecule has 0 fully saturated rings. The van der Waals surface area contributed by atoms with E-state index in [1.54, 1.807) is 20.8 Å². The lowest BCUT2D eigenvalue weighted by molar-refractivity contribution is -0.137. The maximum absolute atomic E-state index is 15.3. The molecule has 2 aromatic heterocycles. The molecule has 4 rings (SSSR count). The molecule has 0 saturated carbocycles. The van der Waals surface area contributed by atoms with Crippen LogP contribution >= 0.6 is 0 Å². The van der Waals surface area contributed by atoms with E-state index in [1.165, 1.54) is 35.0 Å². The van der Waals surface area contributed by atoms with Crippen molar-refractivity contribution >= 4 is 10.8 Å². The van der Waals surface area contributed by atoms with Crippen LogP contribution < -0.4 is 11.2 Å². The summed E-state index contributed by atoms with van der Waals surface area (Å²) < 4.78 is 59.0. The number of halogens is 4. The molecule has 4 aromatic rings. The summed E-state index contributed by atoms with van der Waals surface area (Å²) in [5, 5.41) is 13.6. The van der Waals surface area contributed by atoms with Crippen molar-refractivity contribution in [2.45, 2.75) is 46.0 Å². The Hall–Kier alpha value is -3.73. The summed E-state index contributed by atoms with van der Waals surface area (Å²) in [6, 6.07) is 6.85. The molecule has 0 amide bonds. The van der Waals surface area contributed by atoms with Gasteiger partial charge in [-0.15, -0.1) is 5.10 Å². The topological polar surface area (TPSA) is 82.0 Å². The highest BCUT2D eigenvalue weighted by Gasteiger charge is 2.34. The first-order chi connectivity index (χ1) is 16.5. The Balaban J connectivity index is 2.06. The summed E-state index contributed by atoms with van der Waals surface area (Å²) in [6.07, 6.45) is -3.39. The second-order valence-electron chi connectivity index (χ2n) is 8.29. The number of rotatable bonds is 5. The van der Waals surface area contributed by atoms with E-state index < -0.39 is 35.4 Å². The van der Waals surface area contributed by atoms with Crippen LogP contribution in [-0.4, -0.2) is 24.0 Å². The van der Waals surface area contributed by atoms with E-state index in [-0.39, 0.29) is 40.4 Å². The Morgan fingerprint density at radius 1 is 1.06 bits per heavy atom. The fourth-order valence-corrected chi connectivity index (χ4v) is 4.13. The fraction of sp³-hybridized carbons (Fsp3) is 0.292. The maximum Gasteiger partial charge on any atom is 0.418 e. The minimum atomic E-state index is -4.71. The van der Waals surface area contributed by atoms with Gasteiger partial charge in [-0.1, -0.05) is 26.0 Å². The SMILES string of the molecule is CCn1c(CO)nn(-c2cc3c(C(C)C)cn(-c4ccccc4C(F)(F)F)c(=O)c3cc2F)c1=O. The lowest BCUT2D eigenvalue weighted by Crippen LogP contribution is -2.25. The molecule has 0 radical (unpaired) electrons. The van der Waals surface area contributed by atoms with Gasteiger partial charge in [0.2, 0.25) is 0 Å². The number of aromatic nitrogens is 4. The maximum atomic E-state index is 15.3. The van der Waals surface area contributed by atoms with Crippen molar-refractivity contribution < 1.29 is 22.7 Å². The predicted molar refractivity (Wildman–Crippen MR) is 122 cm³/mol. The lowest BCUT2D eigenvalue weighted by Gasteiger charge is -2.18. The van der Waals surface area contributed by atoms with Gasteiger partial charge in [0, 0.05) is 12.7 Å². The Morgan fingerprint density at radius 2 is 1.74 bits per heavy atom. The standard InChI is InChI=1S/C24H22F4N4O3/c1-4-30-21(12-33)29-32(23(30)35)20-10-14-15(9-18(20)25)22(34)31(11-16(14)13(2)3)19-8-6-5-7-17(19)24(26,27)28/h5-11,13,33H,4,12H2,1-3H3. The molecule has 0 unspecified atom stereocenters. The summed E-state index contributed by atoms with van der Waals surface area (Å²) in [5.41, 5.74) is -2.64. The van der Waals surface area contributed by atoms with Crippen LogP contribution in [0.4, 0.5) is 17.6 Å². The highest BCUT2D eigenvalue weighted by molar-refractivity contribution is 5.87. The van der Waals surface area contributed by atoms with Crippen molar-refractivity contribution in [3.8, 4) is 11.4 Å². The smallest absolute Gasteiger partial charge is 0.388 e. The molecule has 184 valence electrons. The van der Waals surface area contributed by atoms with Crippen LogP contribution in [-0.2, 0) is 19.3 Å². The molecule has 2 heterocycles. The molecule has 0 saturated heterocycles. The van der Waals surface area contributed by atoms with Gasteiger partial charge in [0.15, 0.2) is 5.82 Å². The number of aliphatic hydroxyl groups excluding tert-OH is 1. The minimum Gasteiger partial charge on any atom is -0.388 e. The molecule has 2 aromatic carbocycles. The molecule has 7 nitrogen and oxygen atoms in total. The second kappa shape index (κ2) is 8.81. The van der Waals surface area contributed by atoms with E-state index in [9.17, 15) is 27.9 Å². The van der Waals surface area contributed by atoms with Crippen LogP contribution in [0.15, 0.2) is 52.2 Å². The van der Waals surface area contributed by atoms with Gasteiger partial charge in [0.1, 0.15) is 18.1 Å². The molecule has 1 N–H and O–H groups in total. The van der Waals surface area contributed by atoms with E-state index in [0.717, 1.165) is 21.4 Å². The zero-order valence-corrected chi connectivity index (χ0v) is 19.1. The number of hydrogen-bond donors (Lipinski definition) is 1. The highest BCUT2D eigenvalue weighted by Crippen LogP contribution is 2.34. The molecule has 0 aliphatic heterocycles. The van der Waals surface area contributed by atoms with Gasteiger partial charge >= 0.3 is 11.9 Å². The first-order valence-electron chi connectivity index (χ1n) is 10.8. The van der Waals surface area contributed by atoms with Crippen molar-refractivity contribution in [2.24, 2.45) is 0 Å². The average molecular weight is 490 g/mol. The number of aliphatic hydroxyl groups is 1. The number of nitrogens with zero attached hydrogens (tertiary/aromatic N) is 4. The molecule has 0 atom stereocenters. The lowest BCUT2D eigenvalue weighted by atomic mass is 9.97. The summed E-state index contributed by atoms with van der Waals surface area (Å²) in [7, 11) is 0. The highest BCUT2D eigenvalue weighted by atomic mass is 19.4. The van der Waals surface area contributed by atoms with Gasteiger partial charge in [-0.3, -0.25) is 13.9 Å². The quantitative estimate of drug-likeness (QED) is 0.427. The van der Waals surface area contributed by atoms with Crippen molar-refractivity contribution in [2.75, 3.05) is 0 Å². The summed E-state index contributed by atoms with van der Waals surface area (Å²) in [5.74, 6) is -1.18. The van der Waals surface area contributed by atoms with Crippen molar-refractivity contribution in [3.63, 3.8) is 0 Å². The van der Waals surface area contributed by atoms with Gasteiger partial charge < -0.3 is 5.11 Å². The van der Waals surface area contributed by atoms with Crippen LogP contribution in [0.25, 0.3) is 22.1 Å².